The van der Waals surface area contributed by atoms with E-state index in [9.17, 15) is 5.11 Å². The van der Waals surface area contributed by atoms with Crippen LogP contribution in [0.2, 0.25) is 5.02 Å². The van der Waals surface area contributed by atoms with Crippen molar-refractivity contribution in [2.45, 2.75) is 32.8 Å². The maximum absolute atomic E-state index is 9.81. The van der Waals surface area contributed by atoms with E-state index in [0.29, 0.717) is 23.3 Å². The van der Waals surface area contributed by atoms with Gasteiger partial charge in [0.05, 0.1) is 11.8 Å². The van der Waals surface area contributed by atoms with Gasteiger partial charge in [-0.05, 0) is 20.3 Å². The van der Waals surface area contributed by atoms with Crippen LogP contribution < -0.4 is 10.2 Å². The predicted molar refractivity (Wildman–Crippen MR) is 75.4 cm³/mol. The lowest BCUT2D eigenvalue weighted by atomic mass is 10.1. The van der Waals surface area contributed by atoms with Gasteiger partial charge in [-0.1, -0.05) is 18.5 Å². The van der Waals surface area contributed by atoms with Crippen LogP contribution in [-0.2, 0) is 0 Å². The highest BCUT2D eigenvalue weighted by Gasteiger charge is 2.19. The summed E-state index contributed by atoms with van der Waals surface area (Å²) in [5.74, 6) is 1.17. The first-order valence-corrected chi connectivity index (χ1v) is 6.41. The molecule has 1 heterocycles. The zero-order valence-corrected chi connectivity index (χ0v) is 12.1. The zero-order valence-electron chi connectivity index (χ0n) is 11.4. The van der Waals surface area contributed by atoms with E-state index in [0.717, 1.165) is 13.0 Å². The van der Waals surface area contributed by atoms with Crippen molar-refractivity contribution in [3.63, 3.8) is 0 Å². The fourth-order valence-electron chi connectivity index (χ4n) is 1.60. The maximum atomic E-state index is 9.81. The average Bonchev–Trinajstić information content (AvgIpc) is 2.25. The summed E-state index contributed by atoms with van der Waals surface area (Å²) in [6.45, 7) is 6.82. The number of halogens is 1. The minimum Gasteiger partial charge on any atom is -0.389 e. The van der Waals surface area contributed by atoms with E-state index < -0.39 is 5.60 Å². The highest BCUT2D eigenvalue weighted by molar-refractivity contribution is 6.32. The van der Waals surface area contributed by atoms with Gasteiger partial charge in [0.1, 0.15) is 5.02 Å². The van der Waals surface area contributed by atoms with E-state index >= 15 is 0 Å². The molecular formula is C12H21ClN4O. The lowest BCUT2D eigenvalue weighted by molar-refractivity contribution is 0.0884. The fraction of sp³-hybridized carbons (Fsp3) is 0.667. The van der Waals surface area contributed by atoms with Gasteiger partial charge in [-0.15, -0.1) is 0 Å². The van der Waals surface area contributed by atoms with Crippen molar-refractivity contribution in [2.24, 2.45) is 0 Å². The van der Waals surface area contributed by atoms with Gasteiger partial charge in [0.25, 0.3) is 0 Å². The van der Waals surface area contributed by atoms with Crippen LogP contribution in [0.5, 0.6) is 0 Å². The Morgan fingerprint density at radius 1 is 1.50 bits per heavy atom. The first-order chi connectivity index (χ1) is 8.33. The SMILES string of the molecule is CCCNc1ncc(Cl)c(N(C)CC(C)(C)O)n1. The van der Waals surface area contributed by atoms with Crippen LogP contribution in [0.25, 0.3) is 0 Å². The molecule has 0 saturated heterocycles. The highest BCUT2D eigenvalue weighted by atomic mass is 35.5. The summed E-state index contributed by atoms with van der Waals surface area (Å²) in [7, 11) is 1.84. The molecule has 1 aromatic rings. The lowest BCUT2D eigenvalue weighted by Crippen LogP contribution is -2.36. The molecule has 0 aromatic carbocycles. The minimum absolute atomic E-state index is 0.441. The quantitative estimate of drug-likeness (QED) is 0.831. The number of aromatic nitrogens is 2. The van der Waals surface area contributed by atoms with Crippen LogP contribution in [0.3, 0.4) is 0 Å². The Labute approximate surface area is 113 Å². The summed E-state index contributed by atoms with van der Waals surface area (Å²) in [6, 6.07) is 0. The Morgan fingerprint density at radius 2 is 2.17 bits per heavy atom. The molecule has 2 N–H and O–H groups in total. The normalized spacial score (nSPS) is 11.4. The molecule has 1 rings (SSSR count). The number of nitrogens with zero attached hydrogens (tertiary/aromatic N) is 3. The second-order valence-corrected chi connectivity index (χ2v) is 5.37. The molecule has 5 nitrogen and oxygen atoms in total. The van der Waals surface area contributed by atoms with E-state index in [1.54, 1.807) is 20.0 Å². The lowest BCUT2D eigenvalue weighted by Gasteiger charge is -2.27. The smallest absolute Gasteiger partial charge is 0.224 e. The molecule has 0 fully saturated rings. The van der Waals surface area contributed by atoms with Crippen LogP contribution in [0.15, 0.2) is 6.20 Å². The number of hydrogen-bond acceptors (Lipinski definition) is 5. The van der Waals surface area contributed by atoms with Crippen molar-refractivity contribution < 1.29 is 5.11 Å². The largest absolute Gasteiger partial charge is 0.389 e. The monoisotopic (exact) mass is 272 g/mol. The van der Waals surface area contributed by atoms with Gasteiger partial charge >= 0.3 is 0 Å². The van der Waals surface area contributed by atoms with Crippen LogP contribution >= 0.6 is 11.6 Å². The summed E-state index contributed by atoms with van der Waals surface area (Å²) >= 11 is 6.08. The van der Waals surface area contributed by atoms with E-state index in [4.69, 9.17) is 11.6 Å². The van der Waals surface area contributed by atoms with Gasteiger partial charge < -0.3 is 15.3 Å². The molecule has 1 aromatic heterocycles. The second-order valence-electron chi connectivity index (χ2n) is 4.96. The molecule has 0 radical (unpaired) electrons. The Bertz CT molecular complexity index is 392. The van der Waals surface area contributed by atoms with E-state index in [1.807, 2.05) is 11.9 Å². The molecule has 0 amide bonds. The first-order valence-electron chi connectivity index (χ1n) is 6.03. The van der Waals surface area contributed by atoms with E-state index in [1.165, 1.54) is 0 Å². The zero-order chi connectivity index (χ0) is 13.8. The average molecular weight is 273 g/mol. The molecule has 0 aliphatic carbocycles. The van der Waals surface area contributed by atoms with Crippen LogP contribution in [0.1, 0.15) is 27.2 Å². The van der Waals surface area contributed by atoms with Gasteiger partial charge in [-0.25, -0.2) is 4.98 Å². The molecule has 0 bridgehead atoms. The molecule has 0 atom stereocenters. The standard InChI is InChI=1S/C12H21ClN4O/c1-5-6-14-11-15-7-9(13)10(16-11)17(4)8-12(2,3)18/h7,18H,5-6,8H2,1-4H3,(H,14,15,16). The van der Waals surface area contributed by atoms with Gasteiger partial charge in [0, 0.05) is 20.1 Å². The second kappa shape index (κ2) is 6.20. The summed E-state index contributed by atoms with van der Waals surface area (Å²) in [6.07, 6.45) is 2.57. The highest BCUT2D eigenvalue weighted by Crippen LogP contribution is 2.23. The molecule has 6 heteroatoms. The number of rotatable bonds is 6. The molecule has 0 unspecified atom stereocenters. The fourth-order valence-corrected chi connectivity index (χ4v) is 1.84. The van der Waals surface area contributed by atoms with Crippen LogP contribution in [-0.4, -0.2) is 40.8 Å². The number of nitrogens with one attached hydrogen (secondary N) is 1. The minimum atomic E-state index is -0.806. The van der Waals surface area contributed by atoms with Gasteiger partial charge in [-0.3, -0.25) is 0 Å². The molecule has 0 saturated carbocycles. The predicted octanol–water partition coefficient (Wildman–Crippen LogP) is 2.16. The molecule has 0 aliphatic heterocycles. The van der Waals surface area contributed by atoms with Gasteiger partial charge in [-0.2, -0.15) is 4.98 Å². The maximum Gasteiger partial charge on any atom is 0.224 e. The van der Waals surface area contributed by atoms with Crippen molar-refractivity contribution in [1.29, 1.82) is 0 Å². The van der Waals surface area contributed by atoms with Crippen LogP contribution in [0.4, 0.5) is 11.8 Å². The van der Waals surface area contributed by atoms with Gasteiger partial charge in [0.15, 0.2) is 5.82 Å². The summed E-state index contributed by atoms with van der Waals surface area (Å²) in [4.78, 5) is 10.3. The third-order valence-electron chi connectivity index (χ3n) is 2.24. The van der Waals surface area contributed by atoms with Crippen LogP contribution in [0, 0.1) is 0 Å². The molecule has 0 aliphatic rings. The number of likely N-dealkylation sites (N-methyl/N-ethyl adjacent to an activating group) is 1. The Morgan fingerprint density at radius 3 is 2.72 bits per heavy atom. The van der Waals surface area contributed by atoms with Crippen molar-refractivity contribution in [1.82, 2.24) is 9.97 Å². The Kier molecular flexibility index (Phi) is 5.16. The third-order valence-corrected chi connectivity index (χ3v) is 2.51. The summed E-state index contributed by atoms with van der Waals surface area (Å²) < 4.78 is 0. The molecule has 102 valence electrons. The number of anilines is 2. The molecule has 18 heavy (non-hydrogen) atoms. The van der Waals surface area contributed by atoms with E-state index in [-0.39, 0.29) is 0 Å². The number of aliphatic hydroxyl groups is 1. The number of hydrogen-bond donors (Lipinski definition) is 2. The van der Waals surface area contributed by atoms with E-state index in [2.05, 4.69) is 22.2 Å². The summed E-state index contributed by atoms with van der Waals surface area (Å²) in [5, 5.41) is 13.4. The topological polar surface area (TPSA) is 61.3 Å². The van der Waals surface area contributed by atoms with Crippen molar-refractivity contribution >= 4 is 23.4 Å². The molecule has 0 spiro atoms. The van der Waals surface area contributed by atoms with Crippen molar-refractivity contribution in [3.05, 3.63) is 11.2 Å². The van der Waals surface area contributed by atoms with Crippen molar-refractivity contribution in [2.75, 3.05) is 30.4 Å². The Hall–Kier alpha value is -1.07. The first kappa shape index (κ1) is 15.0. The van der Waals surface area contributed by atoms with Crippen molar-refractivity contribution in [3.8, 4) is 0 Å². The Balaban J connectivity index is 2.86. The molecular weight excluding hydrogens is 252 g/mol. The third kappa shape index (κ3) is 4.66. The summed E-state index contributed by atoms with van der Waals surface area (Å²) in [5.41, 5.74) is -0.806. The van der Waals surface area contributed by atoms with Gasteiger partial charge in [0.2, 0.25) is 5.95 Å².